The summed E-state index contributed by atoms with van der Waals surface area (Å²) in [6.45, 7) is 7.12. The second-order valence-electron chi connectivity index (χ2n) is 7.94. The van der Waals surface area contributed by atoms with Crippen molar-refractivity contribution in [1.82, 2.24) is 9.80 Å². The Morgan fingerprint density at radius 1 is 0.931 bits per heavy atom. The zero-order chi connectivity index (χ0) is 21.0. The molecule has 1 atom stereocenters. The first-order valence-corrected chi connectivity index (χ1v) is 9.99. The summed E-state index contributed by atoms with van der Waals surface area (Å²) in [4.78, 5) is 29.6. The van der Waals surface area contributed by atoms with Crippen LogP contribution in [0.25, 0.3) is 0 Å². The molecule has 0 spiro atoms. The molecule has 154 valence electrons. The van der Waals surface area contributed by atoms with Crippen molar-refractivity contribution in [3.05, 3.63) is 65.5 Å². The predicted octanol–water partition coefficient (Wildman–Crippen LogP) is 3.59. The van der Waals surface area contributed by atoms with Gasteiger partial charge >= 0.3 is 0 Å². The Kier molecular flexibility index (Phi) is 6.64. The van der Waals surface area contributed by atoms with E-state index in [9.17, 15) is 14.0 Å². The second kappa shape index (κ2) is 9.18. The molecular formula is C23H28FN3O2. The summed E-state index contributed by atoms with van der Waals surface area (Å²) in [5.74, 6) is -0.787. The van der Waals surface area contributed by atoms with E-state index in [0.717, 1.165) is 31.7 Å². The van der Waals surface area contributed by atoms with Gasteiger partial charge in [-0.25, -0.2) is 4.39 Å². The molecule has 6 heteroatoms. The van der Waals surface area contributed by atoms with Gasteiger partial charge in [0.15, 0.2) is 0 Å². The van der Waals surface area contributed by atoms with Crippen LogP contribution in [0.4, 0.5) is 10.1 Å². The van der Waals surface area contributed by atoms with Gasteiger partial charge in [0.1, 0.15) is 5.82 Å². The van der Waals surface area contributed by atoms with Crippen molar-refractivity contribution in [3.8, 4) is 0 Å². The van der Waals surface area contributed by atoms with Crippen LogP contribution in [0.3, 0.4) is 0 Å². The maximum atomic E-state index is 13.2. The smallest absolute Gasteiger partial charge is 0.253 e. The van der Waals surface area contributed by atoms with Gasteiger partial charge in [-0.05, 0) is 54.9 Å². The number of benzene rings is 2. The van der Waals surface area contributed by atoms with Gasteiger partial charge in [0.25, 0.3) is 5.91 Å². The number of piperazine rings is 1. The van der Waals surface area contributed by atoms with Gasteiger partial charge in [0, 0.05) is 37.4 Å². The van der Waals surface area contributed by atoms with E-state index in [-0.39, 0.29) is 29.5 Å². The molecule has 0 saturated carbocycles. The maximum absolute atomic E-state index is 13.2. The molecule has 5 nitrogen and oxygen atoms in total. The maximum Gasteiger partial charge on any atom is 0.253 e. The van der Waals surface area contributed by atoms with Gasteiger partial charge in [-0.2, -0.15) is 0 Å². The molecule has 3 rings (SSSR count). The Bertz CT molecular complexity index is 841. The lowest BCUT2D eigenvalue weighted by Gasteiger charge is -2.32. The number of halogens is 1. The van der Waals surface area contributed by atoms with E-state index in [1.807, 2.05) is 18.7 Å². The van der Waals surface area contributed by atoms with Crippen molar-refractivity contribution in [2.75, 3.05) is 38.5 Å². The highest BCUT2D eigenvalue weighted by Gasteiger charge is 2.25. The third-order valence-corrected chi connectivity index (χ3v) is 5.37. The first-order valence-electron chi connectivity index (χ1n) is 9.99. The van der Waals surface area contributed by atoms with E-state index in [1.165, 1.54) is 12.1 Å². The Hall–Kier alpha value is -2.73. The number of nitrogens with zero attached hydrogens (tertiary/aromatic N) is 2. The van der Waals surface area contributed by atoms with Crippen LogP contribution < -0.4 is 5.32 Å². The van der Waals surface area contributed by atoms with Crippen LogP contribution in [0.1, 0.15) is 35.7 Å². The van der Waals surface area contributed by atoms with E-state index in [0.29, 0.717) is 11.3 Å². The Morgan fingerprint density at radius 2 is 1.52 bits per heavy atom. The van der Waals surface area contributed by atoms with Gasteiger partial charge in [-0.15, -0.1) is 0 Å². The molecule has 0 radical (unpaired) electrons. The molecular weight excluding hydrogens is 369 g/mol. The molecule has 1 N–H and O–H groups in total. The van der Waals surface area contributed by atoms with Crippen LogP contribution >= 0.6 is 0 Å². The minimum Gasteiger partial charge on any atom is -0.336 e. The third kappa shape index (κ3) is 5.21. The summed E-state index contributed by atoms with van der Waals surface area (Å²) in [7, 11) is 2.05. The second-order valence-corrected chi connectivity index (χ2v) is 7.94. The summed E-state index contributed by atoms with van der Waals surface area (Å²) in [5.41, 5.74) is 2.03. The molecule has 0 bridgehead atoms. The van der Waals surface area contributed by atoms with Crippen molar-refractivity contribution in [3.63, 3.8) is 0 Å². The first kappa shape index (κ1) is 21.0. The molecule has 2 aromatic rings. The molecule has 1 saturated heterocycles. The van der Waals surface area contributed by atoms with Crippen molar-refractivity contribution < 1.29 is 14.0 Å². The fourth-order valence-corrected chi connectivity index (χ4v) is 3.62. The van der Waals surface area contributed by atoms with Crippen LogP contribution in [-0.2, 0) is 4.79 Å². The lowest BCUT2D eigenvalue weighted by molar-refractivity contribution is -0.118. The Balaban J connectivity index is 1.67. The monoisotopic (exact) mass is 397 g/mol. The number of nitrogens with one attached hydrogen (secondary N) is 1. The van der Waals surface area contributed by atoms with Crippen LogP contribution in [-0.4, -0.2) is 54.8 Å². The molecule has 1 unspecified atom stereocenters. The number of carbonyl (C=O) groups is 2. The molecule has 1 fully saturated rings. The summed E-state index contributed by atoms with van der Waals surface area (Å²) >= 11 is 0. The van der Waals surface area contributed by atoms with Gasteiger partial charge < -0.3 is 15.1 Å². The number of rotatable bonds is 5. The van der Waals surface area contributed by atoms with E-state index < -0.39 is 0 Å². The highest BCUT2D eigenvalue weighted by molar-refractivity contribution is 5.98. The highest BCUT2D eigenvalue weighted by Crippen LogP contribution is 2.26. The number of amides is 2. The van der Waals surface area contributed by atoms with E-state index in [2.05, 4.69) is 17.3 Å². The van der Waals surface area contributed by atoms with Gasteiger partial charge in [-0.1, -0.05) is 26.0 Å². The standard InChI is InChI=1S/C23H28FN3O2/c1-16(2)21(17-4-8-19(24)9-5-17)22(28)25-20-10-6-18(7-11-20)23(29)27-14-12-26(3)13-15-27/h4-11,16,21H,12-15H2,1-3H3,(H,25,28). The quantitative estimate of drug-likeness (QED) is 0.839. The Morgan fingerprint density at radius 3 is 2.07 bits per heavy atom. The average Bonchev–Trinajstić information content (AvgIpc) is 2.70. The number of carbonyl (C=O) groups excluding carboxylic acids is 2. The molecule has 0 aliphatic carbocycles. The molecule has 1 heterocycles. The Labute approximate surface area is 171 Å². The van der Waals surface area contributed by atoms with Crippen LogP contribution in [0.2, 0.25) is 0 Å². The van der Waals surface area contributed by atoms with Crippen LogP contribution in [0, 0.1) is 11.7 Å². The predicted molar refractivity (Wildman–Crippen MR) is 112 cm³/mol. The van der Waals surface area contributed by atoms with Gasteiger partial charge in [0.05, 0.1) is 5.92 Å². The fourth-order valence-electron chi connectivity index (χ4n) is 3.62. The topological polar surface area (TPSA) is 52.7 Å². The van der Waals surface area contributed by atoms with Crippen molar-refractivity contribution >= 4 is 17.5 Å². The van der Waals surface area contributed by atoms with Crippen LogP contribution in [0.5, 0.6) is 0 Å². The molecule has 2 amide bonds. The number of likely N-dealkylation sites (N-methyl/N-ethyl adjacent to an activating group) is 1. The summed E-state index contributed by atoms with van der Waals surface area (Å²) < 4.78 is 13.2. The van der Waals surface area contributed by atoms with Gasteiger partial charge in [-0.3, -0.25) is 9.59 Å². The lowest BCUT2D eigenvalue weighted by atomic mass is 9.87. The number of hydrogen-bond acceptors (Lipinski definition) is 3. The number of hydrogen-bond donors (Lipinski definition) is 1. The van der Waals surface area contributed by atoms with Crippen molar-refractivity contribution in [2.45, 2.75) is 19.8 Å². The minimum absolute atomic E-state index is 0.0161. The minimum atomic E-state index is -0.387. The first-order chi connectivity index (χ1) is 13.8. The lowest BCUT2D eigenvalue weighted by Crippen LogP contribution is -2.47. The van der Waals surface area contributed by atoms with E-state index in [4.69, 9.17) is 0 Å². The normalized spacial score (nSPS) is 16.0. The van der Waals surface area contributed by atoms with Crippen molar-refractivity contribution in [2.24, 2.45) is 5.92 Å². The average molecular weight is 397 g/mol. The zero-order valence-electron chi connectivity index (χ0n) is 17.2. The molecule has 1 aliphatic rings. The van der Waals surface area contributed by atoms with E-state index >= 15 is 0 Å². The molecule has 0 aromatic heterocycles. The van der Waals surface area contributed by atoms with Crippen LogP contribution in [0.15, 0.2) is 48.5 Å². The van der Waals surface area contributed by atoms with Gasteiger partial charge in [0.2, 0.25) is 5.91 Å². The summed E-state index contributed by atoms with van der Waals surface area (Å²) in [5, 5.41) is 2.92. The summed E-state index contributed by atoms with van der Waals surface area (Å²) in [6.07, 6.45) is 0. The molecule has 2 aromatic carbocycles. The fraction of sp³-hybridized carbons (Fsp3) is 0.391. The molecule has 1 aliphatic heterocycles. The third-order valence-electron chi connectivity index (χ3n) is 5.37. The highest BCUT2D eigenvalue weighted by atomic mass is 19.1. The zero-order valence-corrected chi connectivity index (χ0v) is 17.2. The summed E-state index contributed by atoms with van der Waals surface area (Å²) in [6, 6.07) is 13.0. The van der Waals surface area contributed by atoms with E-state index in [1.54, 1.807) is 36.4 Å². The van der Waals surface area contributed by atoms with Crippen molar-refractivity contribution in [1.29, 1.82) is 0 Å². The number of anilines is 1. The SMILES string of the molecule is CC(C)C(C(=O)Nc1ccc(C(=O)N2CCN(C)CC2)cc1)c1ccc(F)cc1. The molecule has 29 heavy (non-hydrogen) atoms. The largest absolute Gasteiger partial charge is 0.336 e.